The summed E-state index contributed by atoms with van der Waals surface area (Å²) >= 11 is 1.28. The lowest BCUT2D eigenvalue weighted by Gasteiger charge is -2.14. The molecule has 28 heavy (non-hydrogen) atoms. The molecular weight excluding hydrogens is 374 g/mol. The van der Waals surface area contributed by atoms with Crippen LogP contribution in [-0.2, 0) is 14.3 Å². The molecule has 0 spiro atoms. The fourth-order valence-electron chi connectivity index (χ4n) is 2.60. The molecule has 1 amide bonds. The second-order valence-electron chi connectivity index (χ2n) is 5.99. The third kappa shape index (κ3) is 8.61. The Morgan fingerprint density at radius 2 is 1.86 bits per heavy atom. The fraction of sp³-hybridized carbons (Fsp3) is 0.524. The molecule has 0 aliphatic heterocycles. The van der Waals surface area contributed by atoms with Gasteiger partial charge in [-0.1, -0.05) is 44.9 Å². The number of nitrogens with one attached hydrogen (secondary N) is 1. The van der Waals surface area contributed by atoms with Gasteiger partial charge in [0.1, 0.15) is 10.8 Å². The van der Waals surface area contributed by atoms with Crippen molar-refractivity contribution in [1.29, 1.82) is 0 Å². The number of anilines is 1. The molecule has 0 aliphatic carbocycles. The minimum Gasteiger partial charge on any atom is -0.466 e. The van der Waals surface area contributed by atoms with E-state index >= 15 is 0 Å². The van der Waals surface area contributed by atoms with E-state index in [-0.39, 0.29) is 17.8 Å². The van der Waals surface area contributed by atoms with Gasteiger partial charge in [-0.3, -0.25) is 9.59 Å². The van der Waals surface area contributed by atoms with E-state index in [0.29, 0.717) is 25.3 Å². The Bertz CT molecular complexity index is 704. The standard InChI is InChI=1S/C19H25N3O3S.C2H6/c1-3-25-17(23)13-9-5-8-12-16(19-20-14(2)22-26-19)18(24)21-15-10-6-4-7-11-15;1-2/h4,6-7,10-11,16H,3,5,8-9,12-13H2,1-2H3,(H,21,24);1-2H3. The molecule has 2 rings (SSSR count). The zero-order valence-electron chi connectivity index (χ0n) is 17.2. The van der Waals surface area contributed by atoms with Crippen molar-refractivity contribution >= 4 is 29.1 Å². The molecule has 6 nitrogen and oxygen atoms in total. The van der Waals surface area contributed by atoms with Gasteiger partial charge in [-0.2, -0.15) is 4.37 Å². The van der Waals surface area contributed by atoms with Crippen LogP contribution in [0.2, 0.25) is 0 Å². The van der Waals surface area contributed by atoms with Crippen molar-refractivity contribution in [3.05, 3.63) is 41.2 Å². The van der Waals surface area contributed by atoms with Crippen molar-refractivity contribution in [2.45, 2.75) is 65.7 Å². The van der Waals surface area contributed by atoms with Crippen LogP contribution >= 0.6 is 11.5 Å². The summed E-state index contributed by atoms with van der Waals surface area (Å²) in [6.45, 7) is 8.04. The predicted octanol–water partition coefficient (Wildman–Crippen LogP) is 5.11. The smallest absolute Gasteiger partial charge is 0.305 e. The number of benzene rings is 1. The van der Waals surface area contributed by atoms with E-state index in [0.717, 1.165) is 30.0 Å². The third-order valence-corrected chi connectivity index (χ3v) is 4.80. The maximum atomic E-state index is 12.7. The topological polar surface area (TPSA) is 81.2 Å². The van der Waals surface area contributed by atoms with Crippen molar-refractivity contribution in [2.75, 3.05) is 11.9 Å². The SMILES string of the molecule is CC.CCOC(=O)CCCCCC(C(=O)Nc1ccccc1)c1nc(C)ns1. The lowest BCUT2D eigenvalue weighted by molar-refractivity contribution is -0.143. The maximum absolute atomic E-state index is 12.7. The molecule has 1 heterocycles. The Labute approximate surface area is 171 Å². The first-order valence-electron chi connectivity index (χ1n) is 9.92. The summed E-state index contributed by atoms with van der Waals surface area (Å²) in [5.74, 6) is 0.122. The van der Waals surface area contributed by atoms with Gasteiger partial charge in [0.25, 0.3) is 0 Å². The summed E-state index contributed by atoms with van der Waals surface area (Å²) in [6, 6.07) is 9.40. The number of ether oxygens (including phenoxy) is 1. The molecule has 2 aromatic rings. The van der Waals surface area contributed by atoms with Gasteiger partial charge >= 0.3 is 5.97 Å². The van der Waals surface area contributed by atoms with Gasteiger partial charge in [-0.15, -0.1) is 0 Å². The van der Waals surface area contributed by atoms with Crippen molar-refractivity contribution in [2.24, 2.45) is 0 Å². The van der Waals surface area contributed by atoms with Crippen LogP contribution in [0.3, 0.4) is 0 Å². The van der Waals surface area contributed by atoms with Crippen molar-refractivity contribution in [1.82, 2.24) is 9.36 Å². The number of aromatic nitrogens is 2. The minimum atomic E-state index is -0.330. The molecule has 0 radical (unpaired) electrons. The van der Waals surface area contributed by atoms with Crippen LogP contribution in [-0.4, -0.2) is 27.8 Å². The Balaban J connectivity index is 0.00000190. The highest BCUT2D eigenvalue weighted by molar-refractivity contribution is 7.05. The zero-order chi connectivity index (χ0) is 20.8. The lowest BCUT2D eigenvalue weighted by Crippen LogP contribution is -2.21. The second-order valence-corrected chi connectivity index (χ2v) is 6.78. The number of amides is 1. The van der Waals surface area contributed by atoms with Crippen LogP contribution in [0.5, 0.6) is 0 Å². The molecule has 7 heteroatoms. The molecule has 0 aliphatic rings. The molecule has 1 unspecified atom stereocenters. The number of esters is 1. The molecule has 0 bridgehead atoms. The van der Waals surface area contributed by atoms with E-state index in [1.807, 2.05) is 51.1 Å². The molecule has 0 saturated heterocycles. The van der Waals surface area contributed by atoms with Crippen LogP contribution in [0.4, 0.5) is 5.69 Å². The molecule has 1 aromatic heterocycles. The lowest BCUT2D eigenvalue weighted by atomic mass is 10.00. The Morgan fingerprint density at radius 1 is 1.14 bits per heavy atom. The van der Waals surface area contributed by atoms with Gasteiger partial charge in [0.15, 0.2) is 0 Å². The highest BCUT2D eigenvalue weighted by Crippen LogP contribution is 2.26. The molecule has 0 saturated carbocycles. The van der Waals surface area contributed by atoms with Crippen molar-refractivity contribution in [3.63, 3.8) is 0 Å². The van der Waals surface area contributed by atoms with Crippen LogP contribution in [0.25, 0.3) is 0 Å². The quantitative estimate of drug-likeness (QED) is 0.439. The molecule has 1 N–H and O–H groups in total. The number of hydrogen-bond donors (Lipinski definition) is 1. The average Bonchev–Trinajstić information content (AvgIpc) is 3.13. The largest absolute Gasteiger partial charge is 0.466 e. The van der Waals surface area contributed by atoms with Gasteiger partial charge in [0.2, 0.25) is 5.91 Å². The highest BCUT2D eigenvalue weighted by Gasteiger charge is 2.24. The Morgan fingerprint density at radius 3 is 2.46 bits per heavy atom. The first-order valence-corrected chi connectivity index (χ1v) is 10.7. The van der Waals surface area contributed by atoms with Crippen molar-refractivity contribution < 1.29 is 14.3 Å². The van der Waals surface area contributed by atoms with E-state index in [9.17, 15) is 9.59 Å². The van der Waals surface area contributed by atoms with Crippen LogP contribution < -0.4 is 5.32 Å². The first kappa shape index (κ1) is 23.8. The van der Waals surface area contributed by atoms with Crippen LogP contribution in [0, 0.1) is 6.92 Å². The van der Waals surface area contributed by atoms with Gasteiger partial charge < -0.3 is 10.1 Å². The predicted molar refractivity (Wildman–Crippen MR) is 114 cm³/mol. The zero-order valence-corrected chi connectivity index (χ0v) is 18.1. The summed E-state index contributed by atoms with van der Waals surface area (Å²) in [4.78, 5) is 28.5. The fourth-order valence-corrected chi connectivity index (χ4v) is 3.39. The minimum absolute atomic E-state index is 0.0715. The third-order valence-electron chi connectivity index (χ3n) is 3.88. The summed E-state index contributed by atoms with van der Waals surface area (Å²) < 4.78 is 9.13. The summed E-state index contributed by atoms with van der Waals surface area (Å²) in [5.41, 5.74) is 0.769. The molecule has 154 valence electrons. The molecular formula is C21H31N3O3S. The average molecular weight is 406 g/mol. The normalized spacial score (nSPS) is 11.1. The van der Waals surface area contributed by atoms with E-state index in [4.69, 9.17) is 4.74 Å². The van der Waals surface area contributed by atoms with Gasteiger partial charge in [0.05, 0.1) is 12.5 Å². The molecule has 1 aromatic carbocycles. The second kappa shape index (κ2) is 13.8. The number of rotatable bonds is 10. The number of carbonyl (C=O) groups excluding carboxylic acids is 2. The number of nitrogens with zero attached hydrogens (tertiary/aromatic N) is 2. The van der Waals surface area contributed by atoms with Gasteiger partial charge in [-0.05, 0) is 50.4 Å². The van der Waals surface area contributed by atoms with Crippen LogP contribution in [0.15, 0.2) is 30.3 Å². The van der Waals surface area contributed by atoms with E-state index in [2.05, 4.69) is 14.7 Å². The number of carbonyl (C=O) groups is 2. The number of para-hydroxylation sites is 1. The Hall–Kier alpha value is -2.28. The van der Waals surface area contributed by atoms with E-state index in [1.165, 1.54) is 11.5 Å². The van der Waals surface area contributed by atoms with Crippen molar-refractivity contribution in [3.8, 4) is 0 Å². The van der Waals surface area contributed by atoms with Gasteiger partial charge in [-0.25, -0.2) is 4.98 Å². The van der Waals surface area contributed by atoms with Crippen LogP contribution in [0.1, 0.15) is 69.6 Å². The summed E-state index contributed by atoms with van der Waals surface area (Å²) in [6.07, 6.45) is 3.57. The van der Waals surface area contributed by atoms with E-state index in [1.54, 1.807) is 6.92 Å². The summed E-state index contributed by atoms with van der Waals surface area (Å²) in [7, 11) is 0. The number of unbranched alkanes of at least 4 members (excludes halogenated alkanes) is 2. The first-order chi connectivity index (χ1) is 13.6. The molecule has 1 atom stereocenters. The number of aryl methyl sites for hydroxylation is 1. The Kier molecular flexibility index (Phi) is 11.7. The highest BCUT2D eigenvalue weighted by atomic mass is 32.1. The monoisotopic (exact) mass is 405 g/mol. The van der Waals surface area contributed by atoms with Gasteiger partial charge in [0, 0.05) is 12.1 Å². The van der Waals surface area contributed by atoms with E-state index < -0.39 is 0 Å². The summed E-state index contributed by atoms with van der Waals surface area (Å²) in [5, 5.41) is 3.69. The maximum Gasteiger partial charge on any atom is 0.305 e. The number of hydrogen-bond acceptors (Lipinski definition) is 6. The molecule has 0 fully saturated rings.